The van der Waals surface area contributed by atoms with Crippen LogP contribution in [0.4, 0.5) is 11.4 Å². The fourth-order valence-corrected chi connectivity index (χ4v) is 10.0. The van der Waals surface area contributed by atoms with E-state index in [2.05, 4.69) is 272 Å². The molecule has 69 heavy (non-hydrogen) atoms. The van der Waals surface area contributed by atoms with E-state index in [0.29, 0.717) is 6.67 Å². The fraction of sp³-hybridized carbons (Fsp3) is 0.234. The quantitative estimate of drug-likeness (QED) is 0.137. The average Bonchev–Trinajstić information content (AvgIpc) is 3.95. The van der Waals surface area contributed by atoms with Crippen molar-refractivity contribution in [3.05, 3.63) is 228 Å². The molecule has 2 aromatic heterocycles. The normalized spacial score (nSPS) is 13.6. The summed E-state index contributed by atoms with van der Waals surface area (Å²) in [5, 5.41) is 2.32. The molecule has 0 radical (unpaired) electrons. The second-order valence-electron chi connectivity index (χ2n) is 21.9. The van der Waals surface area contributed by atoms with E-state index in [0.717, 1.165) is 50.6 Å². The van der Waals surface area contributed by atoms with Crippen molar-refractivity contribution in [1.29, 1.82) is 0 Å². The van der Waals surface area contributed by atoms with Crippen LogP contribution in [0.15, 0.2) is 200 Å². The third-order valence-corrected chi connectivity index (χ3v) is 14.4. The first-order valence-electron chi connectivity index (χ1n) is 24.4. The van der Waals surface area contributed by atoms with Crippen LogP contribution in [0.25, 0.3) is 38.8 Å². The van der Waals surface area contributed by atoms with Gasteiger partial charge in [-0.2, -0.15) is 0 Å². The molecule has 5 heteroatoms. The van der Waals surface area contributed by atoms with Crippen LogP contribution >= 0.6 is 0 Å². The average molecular weight is 905 g/mol. The molecule has 0 saturated carbocycles. The number of aromatic nitrogens is 2. The molecule has 346 valence electrons. The van der Waals surface area contributed by atoms with Crippen LogP contribution in [0.3, 0.4) is 0 Å². The topological polar surface area (TPSA) is 33.5 Å². The Balaban J connectivity index is 1.10. The number of fused-ring (bicyclic) bond motifs is 3. The van der Waals surface area contributed by atoms with Crippen molar-refractivity contribution >= 4 is 33.2 Å². The lowest BCUT2D eigenvalue weighted by Gasteiger charge is -2.31. The van der Waals surface area contributed by atoms with Crippen LogP contribution in [0.5, 0.6) is 11.5 Å². The lowest BCUT2D eigenvalue weighted by Crippen LogP contribution is -2.30. The number of nitrogens with zero attached hydrogens (tertiary/aromatic N) is 4. The van der Waals surface area contributed by atoms with Crippen molar-refractivity contribution in [2.45, 2.75) is 85.5 Å². The molecule has 0 atom stereocenters. The van der Waals surface area contributed by atoms with E-state index in [1.54, 1.807) is 0 Å². The van der Waals surface area contributed by atoms with Crippen LogP contribution in [-0.2, 0) is 16.2 Å². The zero-order valence-corrected chi connectivity index (χ0v) is 41.9. The number of ether oxygens (including phenoxy) is 1. The zero-order chi connectivity index (χ0) is 48.3. The molecule has 0 fully saturated rings. The Kier molecular flexibility index (Phi) is 11.4. The zero-order valence-electron chi connectivity index (χ0n) is 41.9. The number of pyridine rings is 1. The summed E-state index contributed by atoms with van der Waals surface area (Å²) >= 11 is 0. The number of hydrogen-bond donors (Lipinski definition) is 0. The number of hydrogen-bond acceptors (Lipinski definition) is 4. The Bertz CT molecular complexity index is 3350. The SMILES string of the molecule is CC(C)(C)C1=CN(c2cccc(C(C)(C)C)c2)CN1c1cc(Oc2ccc3c4cc(C(C)(C)c5ccccc5)ccc4n(-c4cc(C(C)(C)c5ccccc5)ccn4)c3c2)cc(-c2ccccc2)c1. The lowest BCUT2D eigenvalue weighted by molar-refractivity contribution is 0.481. The fourth-order valence-electron chi connectivity index (χ4n) is 10.0. The Morgan fingerprint density at radius 1 is 0.435 bits per heavy atom. The predicted octanol–water partition coefficient (Wildman–Crippen LogP) is 16.8. The van der Waals surface area contributed by atoms with E-state index in [9.17, 15) is 0 Å². The summed E-state index contributed by atoms with van der Waals surface area (Å²) < 4.78 is 9.42. The van der Waals surface area contributed by atoms with Gasteiger partial charge in [-0.25, -0.2) is 4.98 Å². The molecular formula is C64H64N4O. The maximum Gasteiger partial charge on any atom is 0.137 e. The molecule has 0 unspecified atom stereocenters. The summed E-state index contributed by atoms with van der Waals surface area (Å²) in [6.07, 6.45) is 4.29. The van der Waals surface area contributed by atoms with Gasteiger partial charge in [-0.15, -0.1) is 0 Å². The summed E-state index contributed by atoms with van der Waals surface area (Å²) in [6, 6.07) is 65.8. The van der Waals surface area contributed by atoms with Crippen LogP contribution in [-0.4, -0.2) is 16.2 Å². The van der Waals surface area contributed by atoms with Gasteiger partial charge in [-0.05, 0) is 105 Å². The van der Waals surface area contributed by atoms with E-state index in [-0.39, 0.29) is 21.7 Å². The van der Waals surface area contributed by atoms with Gasteiger partial charge in [-0.1, -0.05) is 178 Å². The number of anilines is 2. The molecule has 7 aromatic carbocycles. The molecule has 0 aliphatic carbocycles. The molecule has 3 heterocycles. The van der Waals surface area contributed by atoms with Crippen LogP contribution in [0.1, 0.15) is 97.1 Å². The smallest absolute Gasteiger partial charge is 0.137 e. The highest BCUT2D eigenvalue weighted by Gasteiger charge is 2.33. The van der Waals surface area contributed by atoms with Gasteiger partial charge in [-0.3, -0.25) is 4.57 Å². The summed E-state index contributed by atoms with van der Waals surface area (Å²) in [7, 11) is 0. The van der Waals surface area contributed by atoms with E-state index in [1.807, 2.05) is 6.20 Å². The highest BCUT2D eigenvalue weighted by atomic mass is 16.5. The van der Waals surface area contributed by atoms with Gasteiger partial charge in [0.2, 0.25) is 0 Å². The Morgan fingerprint density at radius 2 is 1.07 bits per heavy atom. The second-order valence-corrected chi connectivity index (χ2v) is 21.9. The van der Waals surface area contributed by atoms with Crippen LogP contribution in [0, 0.1) is 5.41 Å². The Morgan fingerprint density at radius 3 is 1.72 bits per heavy atom. The third-order valence-electron chi connectivity index (χ3n) is 14.4. The highest BCUT2D eigenvalue weighted by molar-refractivity contribution is 6.10. The summed E-state index contributed by atoms with van der Waals surface area (Å²) in [5.41, 5.74) is 13.6. The molecule has 0 saturated heterocycles. The minimum absolute atomic E-state index is 0.0433. The number of rotatable bonds is 10. The third kappa shape index (κ3) is 8.72. The standard InChI is InChI=1S/C64H64N4O/c1-61(2,3)48-27-20-28-51(37-48)66-42-59(62(4,5)6)67(43-66)52-35-45(44-21-14-11-15-22-44)36-54(40-52)69-53-30-31-55-56-38-49(63(7,8)46-23-16-12-17-24-46)29-32-57(56)68(58(55)41-53)60-39-50(33-34-65-60)64(9,10)47-25-18-13-19-26-47/h11-42H,43H2,1-10H3. The highest BCUT2D eigenvalue weighted by Crippen LogP contribution is 2.44. The Hall–Kier alpha value is -7.37. The van der Waals surface area contributed by atoms with E-state index < -0.39 is 0 Å². The van der Waals surface area contributed by atoms with E-state index >= 15 is 0 Å². The molecule has 1 aliphatic heterocycles. The minimum atomic E-state index is -0.245. The first-order chi connectivity index (χ1) is 32.9. The van der Waals surface area contributed by atoms with E-state index in [4.69, 9.17) is 9.72 Å². The van der Waals surface area contributed by atoms with Crippen LogP contribution < -0.4 is 14.5 Å². The van der Waals surface area contributed by atoms with E-state index in [1.165, 1.54) is 44.6 Å². The number of allylic oxidation sites excluding steroid dienone is 1. The molecule has 5 nitrogen and oxygen atoms in total. The van der Waals surface area contributed by atoms with Gasteiger partial charge >= 0.3 is 0 Å². The van der Waals surface area contributed by atoms with Gasteiger partial charge in [0.15, 0.2) is 0 Å². The predicted molar refractivity (Wildman–Crippen MR) is 290 cm³/mol. The first kappa shape index (κ1) is 45.4. The van der Waals surface area contributed by atoms with Crippen molar-refractivity contribution in [2.75, 3.05) is 16.5 Å². The maximum atomic E-state index is 7.10. The summed E-state index contributed by atoms with van der Waals surface area (Å²) in [5.74, 6) is 2.39. The largest absolute Gasteiger partial charge is 0.457 e. The Labute approximate surface area is 409 Å². The van der Waals surface area contributed by atoms with Gasteiger partial charge in [0.25, 0.3) is 0 Å². The summed E-state index contributed by atoms with van der Waals surface area (Å²) in [4.78, 5) is 9.94. The lowest BCUT2D eigenvalue weighted by atomic mass is 9.78. The molecule has 9 aromatic rings. The van der Waals surface area contributed by atoms with Crippen molar-refractivity contribution in [3.63, 3.8) is 0 Å². The molecule has 0 N–H and O–H groups in total. The van der Waals surface area contributed by atoms with Crippen molar-refractivity contribution < 1.29 is 4.74 Å². The molecule has 0 spiro atoms. The molecule has 0 bridgehead atoms. The van der Waals surface area contributed by atoms with Crippen LogP contribution in [0.2, 0.25) is 0 Å². The maximum absolute atomic E-state index is 7.10. The van der Waals surface area contributed by atoms with Gasteiger partial charge in [0, 0.05) is 68.6 Å². The van der Waals surface area contributed by atoms with Crippen molar-refractivity contribution in [1.82, 2.24) is 9.55 Å². The molecular weight excluding hydrogens is 841 g/mol. The summed E-state index contributed by atoms with van der Waals surface area (Å²) in [6.45, 7) is 23.6. The first-order valence-corrected chi connectivity index (χ1v) is 24.4. The van der Waals surface area contributed by atoms with Gasteiger partial charge in [0.1, 0.15) is 17.3 Å². The minimum Gasteiger partial charge on any atom is -0.457 e. The molecule has 1 aliphatic rings. The molecule has 10 rings (SSSR count). The van der Waals surface area contributed by atoms with Crippen molar-refractivity contribution in [2.24, 2.45) is 5.41 Å². The second kappa shape index (κ2) is 17.3. The monoisotopic (exact) mass is 905 g/mol. The van der Waals surface area contributed by atoms with Gasteiger partial charge < -0.3 is 14.5 Å². The van der Waals surface area contributed by atoms with Crippen molar-refractivity contribution in [3.8, 4) is 28.4 Å². The number of benzene rings is 7. The molecule has 0 amide bonds. The van der Waals surface area contributed by atoms with Gasteiger partial charge in [0.05, 0.1) is 17.7 Å².